The van der Waals surface area contributed by atoms with Gasteiger partial charge in [0, 0.05) is 23.1 Å². The number of rotatable bonds is 2. The Morgan fingerprint density at radius 1 is 0.786 bits per heavy atom. The van der Waals surface area contributed by atoms with Gasteiger partial charge in [0.2, 0.25) is 11.3 Å². The molecule has 0 amide bonds. The fourth-order valence-electron chi connectivity index (χ4n) is 2.98. The van der Waals surface area contributed by atoms with Crippen molar-refractivity contribution in [2.24, 2.45) is 0 Å². The normalized spacial score (nSPS) is 9.71. The zero-order chi connectivity index (χ0) is 20.5. The van der Waals surface area contributed by atoms with Crippen LogP contribution in [0.15, 0.2) is 83.8 Å². The van der Waals surface area contributed by atoms with Crippen molar-refractivity contribution in [3.05, 3.63) is 94.6 Å². The van der Waals surface area contributed by atoms with Gasteiger partial charge in [-0.2, -0.15) is 4.73 Å². The van der Waals surface area contributed by atoms with Crippen LogP contribution in [-0.4, -0.2) is 4.98 Å². The third-order valence-electron chi connectivity index (χ3n) is 4.05. The van der Waals surface area contributed by atoms with Gasteiger partial charge in [0.05, 0.1) is 0 Å². The predicted molar refractivity (Wildman–Crippen MR) is 117 cm³/mol. The monoisotopic (exact) mass is 374 g/mol. The Balaban J connectivity index is 0.000000660. The summed E-state index contributed by atoms with van der Waals surface area (Å²) >= 11 is 0. The first kappa shape index (κ1) is 20.9. The molecule has 4 aromatic rings. The van der Waals surface area contributed by atoms with Gasteiger partial charge in [0.25, 0.3) is 0 Å². The highest BCUT2D eigenvalue weighted by Crippen LogP contribution is 2.30. The first-order valence-corrected chi connectivity index (χ1v) is 9.64. The van der Waals surface area contributed by atoms with Crippen LogP contribution in [0.1, 0.15) is 27.7 Å². The molecule has 0 saturated heterocycles. The third-order valence-corrected chi connectivity index (χ3v) is 4.05. The van der Waals surface area contributed by atoms with Crippen molar-refractivity contribution >= 4 is 10.9 Å². The van der Waals surface area contributed by atoms with Crippen molar-refractivity contribution in [2.45, 2.75) is 27.7 Å². The fourth-order valence-corrected chi connectivity index (χ4v) is 2.98. The quantitative estimate of drug-likeness (QED) is 0.369. The highest BCUT2D eigenvalue weighted by molar-refractivity contribution is 5.99. The molecule has 4 rings (SSSR count). The number of fused-ring (bicyclic) bond motifs is 1. The summed E-state index contributed by atoms with van der Waals surface area (Å²) in [5.74, 6) is 0. The molecule has 0 atom stereocenters. The maximum atomic E-state index is 12.4. The molecule has 0 bridgehead atoms. The minimum atomic E-state index is -0.232. The highest BCUT2D eigenvalue weighted by Gasteiger charge is 2.17. The van der Waals surface area contributed by atoms with Crippen LogP contribution in [0.5, 0.6) is 0 Å². The second-order valence-electron chi connectivity index (χ2n) is 5.56. The smallest absolute Gasteiger partial charge is 0.249 e. The van der Waals surface area contributed by atoms with Crippen LogP contribution in [0.4, 0.5) is 0 Å². The molecule has 0 aliphatic carbocycles. The second-order valence-corrected chi connectivity index (χ2v) is 5.56. The van der Waals surface area contributed by atoms with Gasteiger partial charge < -0.3 is 10.2 Å². The lowest BCUT2D eigenvalue weighted by Gasteiger charge is -2.11. The zero-order valence-electron chi connectivity index (χ0n) is 16.8. The van der Waals surface area contributed by atoms with E-state index in [0.29, 0.717) is 11.2 Å². The van der Waals surface area contributed by atoms with Gasteiger partial charge in [0.15, 0.2) is 6.20 Å². The summed E-state index contributed by atoms with van der Waals surface area (Å²) in [4.78, 5) is 15.0. The molecule has 4 nitrogen and oxygen atoms in total. The van der Waals surface area contributed by atoms with Gasteiger partial charge in [-0.25, -0.2) is 0 Å². The van der Waals surface area contributed by atoms with Crippen molar-refractivity contribution in [3.8, 4) is 22.4 Å². The number of nitrogens with one attached hydrogen (secondary N) is 1. The molecule has 0 fully saturated rings. The number of nitrogens with zero attached hydrogens (tertiary/aromatic N) is 1. The van der Waals surface area contributed by atoms with E-state index in [-0.39, 0.29) is 5.56 Å². The van der Waals surface area contributed by atoms with Gasteiger partial charge in [0.1, 0.15) is 5.52 Å². The van der Waals surface area contributed by atoms with Crippen molar-refractivity contribution in [1.82, 2.24) is 4.98 Å². The minimum Gasteiger partial charge on any atom is -0.618 e. The first-order chi connectivity index (χ1) is 13.7. The molecule has 0 spiro atoms. The molecule has 144 valence electrons. The summed E-state index contributed by atoms with van der Waals surface area (Å²) in [5, 5.41) is 13.2. The lowest BCUT2D eigenvalue weighted by molar-refractivity contribution is -0.592. The van der Waals surface area contributed by atoms with Crippen molar-refractivity contribution in [2.75, 3.05) is 0 Å². The van der Waals surface area contributed by atoms with E-state index in [9.17, 15) is 10.0 Å². The minimum absolute atomic E-state index is 0.232. The number of aromatic nitrogens is 2. The molecule has 0 aliphatic heterocycles. The van der Waals surface area contributed by atoms with Crippen molar-refractivity contribution in [1.29, 1.82) is 0 Å². The fraction of sp³-hybridized carbons (Fsp3) is 0.167. The topological polar surface area (TPSA) is 59.8 Å². The van der Waals surface area contributed by atoms with Crippen LogP contribution >= 0.6 is 0 Å². The van der Waals surface area contributed by atoms with Gasteiger partial charge in [-0.1, -0.05) is 76.2 Å². The average molecular weight is 374 g/mol. The van der Waals surface area contributed by atoms with Crippen LogP contribution in [-0.2, 0) is 0 Å². The van der Waals surface area contributed by atoms with Gasteiger partial charge in [-0.3, -0.25) is 4.79 Å². The van der Waals surface area contributed by atoms with Crippen molar-refractivity contribution in [3.63, 3.8) is 0 Å². The Kier molecular flexibility index (Phi) is 7.52. The maximum absolute atomic E-state index is 12.4. The van der Waals surface area contributed by atoms with E-state index in [0.717, 1.165) is 26.8 Å². The standard InChI is InChI=1S/C20H14N2O2.2C2H6/c23-18-13-17(14-7-3-1-4-8-14)16-11-12-22(24)20(19(16)21-18)15-9-5-2-6-10-15;2*1-2/h1-13H,(H,21,23);2*1-2H3. The number of H-pyrrole nitrogens is 1. The Hall–Kier alpha value is -3.40. The molecular weight excluding hydrogens is 348 g/mol. The predicted octanol–water partition coefficient (Wildman–Crippen LogP) is 5.55. The summed E-state index contributed by atoms with van der Waals surface area (Å²) in [6.45, 7) is 8.00. The SMILES string of the molecule is CC.CC.O=c1cc(-c2ccccc2)c2cc[n+]([O-])c(-c3ccccc3)c2[nH]1. The Labute approximate surface area is 165 Å². The molecule has 2 aromatic heterocycles. The zero-order valence-corrected chi connectivity index (χ0v) is 16.8. The van der Waals surface area contributed by atoms with Crippen LogP contribution in [0.25, 0.3) is 33.3 Å². The average Bonchev–Trinajstić information content (AvgIpc) is 2.77. The van der Waals surface area contributed by atoms with Crippen LogP contribution < -0.4 is 10.3 Å². The summed E-state index contributed by atoms with van der Waals surface area (Å²) in [7, 11) is 0. The second kappa shape index (κ2) is 10.1. The highest BCUT2D eigenvalue weighted by atomic mass is 16.5. The number of hydrogen-bond donors (Lipinski definition) is 1. The number of hydrogen-bond acceptors (Lipinski definition) is 2. The van der Waals surface area contributed by atoms with Gasteiger partial charge in [-0.15, -0.1) is 0 Å². The van der Waals surface area contributed by atoms with E-state index in [1.165, 1.54) is 6.20 Å². The first-order valence-electron chi connectivity index (χ1n) is 9.64. The Morgan fingerprint density at radius 3 is 1.89 bits per heavy atom. The summed E-state index contributed by atoms with van der Waals surface area (Å²) in [6.07, 6.45) is 1.48. The summed E-state index contributed by atoms with van der Waals surface area (Å²) < 4.78 is 0.794. The number of aromatic amines is 1. The summed E-state index contributed by atoms with van der Waals surface area (Å²) in [5.41, 5.74) is 3.28. The molecule has 0 radical (unpaired) electrons. The molecule has 4 heteroatoms. The van der Waals surface area contributed by atoms with Crippen LogP contribution in [0.2, 0.25) is 0 Å². The molecule has 0 unspecified atom stereocenters. The molecule has 0 aliphatic rings. The largest absolute Gasteiger partial charge is 0.618 e. The third kappa shape index (κ3) is 4.29. The molecule has 1 N–H and O–H groups in total. The number of pyridine rings is 2. The molecule has 0 saturated carbocycles. The molecule has 2 aromatic carbocycles. The maximum Gasteiger partial charge on any atom is 0.249 e. The molecule has 2 heterocycles. The van der Waals surface area contributed by atoms with E-state index in [1.807, 2.05) is 88.4 Å². The Morgan fingerprint density at radius 2 is 1.32 bits per heavy atom. The number of benzene rings is 2. The van der Waals surface area contributed by atoms with E-state index in [1.54, 1.807) is 12.1 Å². The molecular formula is C24H26N2O2. The van der Waals surface area contributed by atoms with Gasteiger partial charge in [-0.05, 0) is 23.3 Å². The lowest BCUT2D eigenvalue weighted by Crippen LogP contribution is -2.29. The van der Waals surface area contributed by atoms with Crippen LogP contribution in [0.3, 0.4) is 0 Å². The Bertz CT molecular complexity index is 1070. The van der Waals surface area contributed by atoms with Gasteiger partial charge >= 0.3 is 0 Å². The van der Waals surface area contributed by atoms with Crippen LogP contribution in [0, 0.1) is 5.21 Å². The molecule has 28 heavy (non-hydrogen) atoms. The van der Waals surface area contributed by atoms with E-state index in [4.69, 9.17) is 0 Å². The lowest BCUT2D eigenvalue weighted by atomic mass is 10.00. The van der Waals surface area contributed by atoms with E-state index < -0.39 is 0 Å². The summed E-state index contributed by atoms with van der Waals surface area (Å²) in [6, 6.07) is 22.3. The van der Waals surface area contributed by atoms with Crippen molar-refractivity contribution < 1.29 is 4.73 Å². The van der Waals surface area contributed by atoms with E-state index >= 15 is 0 Å². The van der Waals surface area contributed by atoms with E-state index in [2.05, 4.69) is 4.98 Å².